The van der Waals surface area contributed by atoms with Crippen LogP contribution >= 0.6 is 0 Å². The Hall–Kier alpha value is -3.47. The Balaban J connectivity index is 1.75. The summed E-state index contributed by atoms with van der Waals surface area (Å²) in [5, 5.41) is 13.4. The monoisotopic (exact) mass is 328 g/mol. The number of H-pyrrole nitrogens is 1. The third kappa shape index (κ3) is 3.12. The molecule has 0 radical (unpaired) electrons. The van der Waals surface area contributed by atoms with Gasteiger partial charge < -0.3 is 0 Å². The van der Waals surface area contributed by atoms with Crippen molar-refractivity contribution in [1.82, 2.24) is 10.2 Å². The molecule has 122 valence electrons. The van der Waals surface area contributed by atoms with Crippen molar-refractivity contribution < 1.29 is 4.79 Å². The number of Topliss-reactive ketones (excluding diaryl/α,β-unsaturated/α-hetero) is 1. The van der Waals surface area contributed by atoms with Gasteiger partial charge in [-0.3, -0.25) is 14.9 Å². The zero-order valence-electron chi connectivity index (χ0n) is 13.5. The predicted octanol–water partition coefficient (Wildman–Crippen LogP) is 3.55. The van der Waals surface area contributed by atoms with Crippen molar-refractivity contribution in [2.45, 2.75) is 0 Å². The maximum absolute atomic E-state index is 12.9. The number of nitrogens with zero attached hydrogens (tertiary/aromatic N) is 3. The van der Waals surface area contributed by atoms with E-state index in [1.165, 1.54) is 0 Å². The van der Waals surface area contributed by atoms with Crippen molar-refractivity contribution in [2.24, 2.45) is 5.10 Å². The van der Waals surface area contributed by atoms with Gasteiger partial charge in [-0.1, -0.05) is 48.5 Å². The molecule has 1 aliphatic rings. The summed E-state index contributed by atoms with van der Waals surface area (Å²) < 4.78 is 0. The molecule has 0 unspecified atom stereocenters. The van der Waals surface area contributed by atoms with E-state index in [4.69, 9.17) is 0 Å². The summed E-state index contributed by atoms with van der Waals surface area (Å²) in [5.74, 6) is -0.0988. The van der Waals surface area contributed by atoms with Crippen LogP contribution in [-0.4, -0.2) is 28.2 Å². The zero-order valence-corrected chi connectivity index (χ0v) is 13.5. The van der Waals surface area contributed by atoms with E-state index in [2.05, 4.69) is 15.3 Å². The number of aromatic nitrogens is 2. The number of hydrazone groups is 1. The van der Waals surface area contributed by atoms with Crippen LogP contribution in [0.3, 0.4) is 0 Å². The minimum Gasteiger partial charge on any atom is -0.287 e. The van der Waals surface area contributed by atoms with Crippen LogP contribution in [0.15, 0.2) is 84.1 Å². The molecule has 0 atom stereocenters. The van der Waals surface area contributed by atoms with Crippen LogP contribution in [0.5, 0.6) is 0 Å². The molecule has 25 heavy (non-hydrogen) atoms. The van der Waals surface area contributed by atoms with Crippen LogP contribution in [0.25, 0.3) is 5.57 Å². The van der Waals surface area contributed by atoms with Gasteiger partial charge in [-0.25, -0.2) is 0 Å². The van der Waals surface area contributed by atoms with Crippen LogP contribution in [0.1, 0.15) is 16.1 Å². The zero-order chi connectivity index (χ0) is 17.1. The molecule has 2 heterocycles. The normalized spacial score (nSPS) is 14.0. The van der Waals surface area contributed by atoms with Gasteiger partial charge in [0.25, 0.3) is 0 Å². The Morgan fingerprint density at radius 3 is 2.36 bits per heavy atom. The fourth-order valence-corrected chi connectivity index (χ4v) is 2.76. The number of benzene rings is 2. The van der Waals surface area contributed by atoms with Crippen LogP contribution < -0.4 is 5.01 Å². The molecule has 1 aromatic heterocycles. The van der Waals surface area contributed by atoms with Crippen LogP contribution in [0.2, 0.25) is 0 Å². The number of allylic oxidation sites excluding steroid dienone is 1. The molecule has 0 saturated carbocycles. The summed E-state index contributed by atoms with van der Waals surface area (Å²) in [4.78, 5) is 12.9. The van der Waals surface area contributed by atoms with E-state index in [1.807, 2.05) is 65.7 Å². The van der Waals surface area contributed by atoms with Crippen molar-refractivity contribution in [2.75, 3.05) is 11.6 Å². The van der Waals surface area contributed by atoms with Crippen molar-refractivity contribution in [3.63, 3.8) is 0 Å². The molecule has 3 aromatic rings. The quantitative estimate of drug-likeness (QED) is 0.745. The van der Waals surface area contributed by atoms with Gasteiger partial charge in [0, 0.05) is 17.3 Å². The van der Waals surface area contributed by atoms with Gasteiger partial charge in [0.15, 0.2) is 0 Å². The molecule has 0 saturated heterocycles. The first-order valence-electron chi connectivity index (χ1n) is 8.02. The lowest BCUT2D eigenvalue weighted by molar-refractivity contribution is 0.106. The van der Waals surface area contributed by atoms with Gasteiger partial charge in [-0.05, 0) is 24.3 Å². The lowest BCUT2D eigenvalue weighted by atomic mass is 10.0. The molecule has 0 amide bonds. The van der Waals surface area contributed by atoms with Crippen molar-refractivity contribution in [1.29, 1.82) is 0 Å². The third-order valence-electron chi connectivity index (χ3n) is 4.03. The molecular weight excluding hydrogens is 312 g/mol. The molecule has 2 aromatic carbocycles. The Morgan fingerprint density at radius 2 is 1.68 bits per heavy atom. The van der Waals surface area contributed by atoms with Crippen LogP contribution in [0.4, 0.5) is 5.69 Å². The molecule has 0 aliphatic carbocycles. The Kier molecular flexibility index (Phi) is 3.96. The van der Waals surface area contributed by atoms with Gasteiger partial charge in [0.1, 0.15) is 5.71 Å². The lowest BCUT2D eigenvalue weighted by Gasteiger charge is -2.25. The fourth-order valence-electron chi connectivity index (χ4n) is 2.76. The smallest absolute Gasteiger partial charge is 0.213 e. The SMILES string of the molecule is O=C(C1=NN(c2ccccc2)CC(c2ccn[nH]2)=C1)c1ccccc1. The molecule has 0 fully saturated rings. The van der Waals surface area contributed by atoms with Gasteiger partial charge in [0.2, 0.25) is 5.78 Å². The summed E-state index contributed by atoms with van der Waals surface area (Å²) in [6.07, 6.45) is 3.54. The number of carbonyl (C=O) groups is 1. The Labute approximate surface area is 145 Å². The average Bonchev–Trinajstić information content (AvgIpc) is 3.23. The summed E-state index contributed by atoms with van der Waals surface area (Å²) >= 11 is 0. The summed E-state index contributed by atoms with van der Waals surface area (Å²) in [6.45, 7) is 0.567. The van der Waals surface area contributed by atoms with Crippen molar-refractivity contribution >= 4 is 22.8 Å². The molecule has 0 bridgehead atoms. The van der Waals surface area contributed by atoms with Crippen LogP contribution in [-0.2, 0) is 0 Å². The second-order valence-electron chi connectivity index (χ2n) is 5.71. The summed E-state index contributed by atoms with van der Waals surface area (Å²) in [6, 6.07) is 20.9. The minimum atomic E-state index is -0.0988. The van der Waals surface area contributed by atoms with Gasteiger partial charge in [-0.2, -0.15) is 10.2 Å². The fraction of sp³-hybridized carbons (Fsp3) is 0.0500. The molecule has 5 nitrogen and oxygen atoms in total. The number of para-hydroxylation sites is 1. The first-order chi connectivity index (χ1) is 12.3. The van der Waals surface area contributed by atoms with Gasteiger partial charge in [-0.15, -0.1) is 0 Å². The Bertz CT molecular complexity index is 928. The summed E-state index contributed by atoms with van der Waals surface area (Å²) in [7, 11) is 0. The number of rotatable bonds is 4. The van der Waals surface area contributed by atoms with E-state index in [9.17, 15) is 4.79 Å². The first kappa shape index (κ1) is 15.1. The number of carbonyl (C=O) groups excluding carboxylic acids is 1. The number of nitrogens with one attached hydrogen (secondary N) is 1. The highest BCUT2D eigenvalue weighted by atomic mass is 16.1. The highest BCUT2D eigenvalue weighted by Gasteiger charge is 2.22. The molecular formula is C20H16N4O. The van der Waals surface area contributed by atoms with Gasteiger partial charge >= 0.3 is 0 Å². The molecule has 5 heteroatoms. The van der Waals surface area contributed by atoms with E-state index in [0.29, 0.717) is 17.8 Å². The number of hydrogen-bond acceptors (Lipinski definition) is 4. The number of ketones is 1. The third-order valence-corrected chi connectivity index (χ3v) is 4.03. The minimum absolute atomic E-state index is 0.0988. The van der Waals surface area contributed by atoms with E-state index in [1.54, 1.807) is 18.3 Å². The highest BCUT2D eigenvalue weighted by molar-refractivity contribution is 6.51. The van der Waals surface area contributed by atoms with Gasteiger partial charge in [0.05, 0.1) is 17.9 Å². The molecule has 4 rings (SSSR count). The number of hydrogen-bond donors (Lipinski definition) is 1. The van der Waals surface area contributed by atoms with Crippen molar-refractivity contribution in [3.05, 3.63) is 90.3 Å². The van der Waals surface area contributed by atoms with Crippen LogP contribution in [0, 0.1) is 0 Å². The van der Waals surface area contributed by atoms with E-state index < -0.39 is 0 Å². The van der Waals surface area contributed by atoms with Crippen molar-refractivity contribution in [3.8, 4) is 0 Å². The Morgan fingerprint density at radius 1 is 0.960 bits per heavy atom. The van der Waals surface area contributed by atoms with E-state index in [0.717, 1.165) is 17.0 Å². The number of anilines is 1. The lowest BCUT2D eigenvalue weighted by Crippen LogP contribution is -2.28. The number of aromatic amines is 1. The average molecular weight is 328 g/mol. The largest absolute Gasteiger partial charge is 0.287 e. The first-order valence-corrected chi connectivity index (χ1v) is 8.02. The highest BCUT2D eigenvalue weighted by Crippen LogP contribution is 2.24. The standard InChI is InChI=1S/C20H16N4O/c25-20(15-7-3-1-4-8-15)19-13-16(18-11-12-21-22-18)14-24(23-19)17-9-5-2-6-10-17/h1-13H,14H2,(H,21,22). The maximum atomic E-state index is 12.9. The molecule has 0 spiro atoms. The predicted molar refractivity (Wildman–Crippen MR) is 98.6 cm³/mol. The molecule has 1 N–H and O–H groups in total. The molecule has 1 aliphatic heterocycles. The second kappa shape index (κ2) is 6.57. The maximum Gasteiger partial charge on any atom is 0.213 e. The topological polar surface area (TPSA) is 61.4 Å². The van der Waals surface area contributed by atoms with E-state index >= 15 is 0 Å². The van der Waals surface area contributed by atoms with E-state index in [-0.39, 0.29) is 5.78 Å². The second-order valence-corrected chi connectivity index (χ2v) is 5.71. The summed E-state index contributed by atoms with van der Waals surface area (Å²) in [5.41, 5.74) is 3.82.